The molecular weight excluding hydrogens is 307 g/mol. The van der Waals surface area contributed by atoms with Crippen molar-refractivity contribution < 1.29 is 18.3 Å². The van der Waals surface area contributed by atoms with Crippen molar-refractivity contribution in [2.75, 3.05) is 6.54 Å². The number of rotatable bonds is 3. The zero-order valence-corrected chi connectivity index (χ0v) is 12.7. The molecule has 1 aromatic heterocycles. The largest absolute Gasteiger partial charge is 0.416 e. The Hall–Kier alpha value is -1.86. The van der Waals surface area contributed by atoms with Gasteiger partial charge in [0.1, 0.15) is 0 Å². The van der Waals surface area contributed by atoms with Gasteiger partial charge in [-0.2, -0.15) is 18.3 Å². The molecule has 1 saturated heterocycles. The minimum Gasteiger partial charge on any atom is -0.392 e. The highest BCUT2D eigenvalue weighted by molar-refractivity contribution is 5.29. The predicted octanol–water partition coefficient (Wildman–Crippen LogP) is 2.75. The molecule has 7 heteroatoms. The van der Waals surface area contributed by atoms with E-state index < -0.39 is 17.8 Å². The highest BCUT2D eigenvalue weighted by Gasteiger charge is 2.35. The molecule has 124 valence electrons. The number of β-amino-alcohol motifs (C(OH)–C–C–N with tert-alkyl or cyclic N) is 1. The summed E-state index contributed by atoms with van der Waals surface area (Å²) in [6.07, 6.45) is -2.79. The second kappa shape index (κ2) is 5.98. The number of likely N-dealkylation sites (tertiary alicyclic amines) is 1. The summed E-state index contributed by atoms with van der Waals surface area (Å²) in [5.74, 6) is 0. The molecule has 0 radical (unpaired) electrons. The van der Waals surface area contributed by atoms with E-state index in [4.69, 9.17) is 0 Å². The van der Waals surface area contributed by atoms with Gasteiger partial charge in [0.2, 0.25) is 0 Å². The summed E-state index contributed by atoms with van der Waals surface area (Å²) in [6.45, 7) is 0.973. The fourth-order valence-electron chi connectivity index (χ4n) is 3.09. The number of nitrogens with zero attached hydrogens (tertiary/aromatic N) is 3. The Morgan fingerprint density at radius 3 is 2.74 bits per heavy atom. The Morgan fingerprint density at radius 2 is 2.09 bits per heavy atom. The number of benzene rings is 1. The molecule has 1 aliphatic heterocycles. The van der Waals surface area contributed by atoms with Gasteiger partial charge in [0, 0.05) is 32.4 Å². The van der Waals surface area contributed by atoms with E-state index in [1.807, 2.05) is 18.0 Å². The molecule has 0 amide bonds. The van der Waals surface area contributed by atoms with E-state index in [0.717, 1.165) is 11.8 Å². The highest BCUT2D eigenvalue weighted by Crippen LogP contribution is 2.36. The van der Waals surface area contributed by atoms with Crippen LogP contribution in [-0.4, -0.2) is 32.4 Å². The molecule has 2 aromatic rings. The van der Waals surface area contributed by atoms with Crippen molar-refractivity contribution in [3.63, 3.8) is 0 Å². The standard InChI is InChI=1S/C16H18F3N3O/c1-21-13(5-6-20-21)9-22-10-14(23)8-15(22)11-3-2-4-12(7-11)16(17,18)19/h2-7,14-15,23H,8-10H2,1H3/t14-,15+/m0/s1. The quantitative estimate of drug-likeness (QED) is 0.943. The monoisotopic (exact) mass is 325 g/mol. The fourth-order valence-corrected chi connectivity index (χ4v) is 3.09. The molecule has 4 nitrogen and oxygen atoms in total. The molecule has 0 aliphatic carbocycles. The Kier molecular flexibility index (Phi) is 4.16. The van der Waals surface area contributed by atoms with Crippen LogP contribution in [0.3, 0.4) is 0 Å². The van der Waals surface area contributed by atoms with Crippen molar-refractivity contribution in [2.24, 2.45) is 7.05 Å². The normalized spacial score (nSPS) is 22.7. The molecule has 1 aromatic carbocycles. The van der Waals surface area contributed by atoms with Gasteiger partial charge < -0.3 is 5.11 Å². The minimum atomic E-state index is -4.36. The zero-order chi connectivity index (χ0) is 16.6. The maximum absolute atomic E-state index is 12.9. The van der Waals surface area contributed by atoms with Gasteiger partial charge in [-0.15, -0.1) is 0 Å². The molecule has 1 N–H and O–H groups in total. The van der Waals surface area contributed by atoms with Crippen molar-refractivity contribution in [2.45, 2.75) is 31.3 Å². The summed E-state index contributed by atoms with van der Waals surface area (Å²) in [5.41, 5.74) is 0.881. The predicted molar refractivity (Wildman–Crippen MR) is 78.4 cm³/mol. The Bertz CT molecular complexity index is 683. The van der Waals surface area contributed by atoms with Gasteiger partial charge in [-0.25, -0.2) is 0 Å². The van der Waals surface area contributed by atoms with Crippen molar-refractivity contribution >= 4 is 0 Å². The first-order chi connectivity index (χ1) is 10.8. The van der Waals surface area contributed by atoms with Gasteiger partial charge in [-0.1, -0.05) is 12.1 Å². The lowest BCUT2D eigenvalue weighted by atomic mass is 10.0. The number of alkyl halides is 3. The summed E-state index contributed by atoms with van der Waals surface area (Å²) >= 11 is 0. The van der Waals surface area contributed by atoms with Crippen LogP contribution in [0.25, 0.3) is 0 Å². The molecule has 23 heavy (non-hydrogen) atoms. The number of aliphatic hydroxyl groups excluding tert-OH is 1. The summed E-state index contributed by atoms with van der Waals surface area (Å²) in [5, 5.41) is 14.1. The van der Waals surface area contributed by atoms with Crippen LogP contribution in [0.1, 0.15) is 29.3 Å². The number of hydrogen-bond donors (Lipinski definition) is 1. The maximum atomic E-state index is 12.9. The summed E-state index contributed by atoms with van der Waals surface area (Å²) in [6, 6.07) is 6.99. The van der Waals surface area contributed by atoms with E-state index in [1.165, 1.54) is 12.1 Å². The van der Waals surface area contributed by atoms with E-state index in [9.17, 15) is 18.3 Å². The topological polar surface area (TPSA) is 41.3 Å². The lowest BCUT2D eigenvalue weighted by Crippen LogP contribution is -2.25. The molecule has 2 heterocycles. The summed E-state index contributed by atoms with van der Waals surface area (Å²) in [7, 11) is 1.82. The minimum absolute atomic E-state index is 0.234. The fraction of sp³-hybridized carbons (Fsp3) is 0.438. The maximum Gasteiger partial charge on any atom is 0.416 e. The lowest BCUT2D eigenvalue weighted by Gasteiger charge is -2.25. The third-order valence-corrected chi connectivity index (χ3v) is 4.27. The smallest absolute Gasteiger partial charge is 0.392 e. The van der Waals surface area contributed by atoms with E-state index in [-0.39, 0.29) is 6.04 Å². The van der Waals surface area contributed by atoms with Gasteiger partial charge in [0.25, 0.3) is 0 Å². The second-order valence-corrected chi connectivity index (χ2v) is 5.90. The van der Waals surface area contributed by atoms with E-state index >= 15 is 0 Å². The van der Waals surface area contributed by atoms with Crippen molar-refractivity contribution in [1.29, 1.82) is 0 Å². The Morgan fingerprint density at radius 1 is 1.30 bits per heavy atom. The van der Waals surface area contributed by atoms with Crippen molar-refractivity contribution in [3.8, 4) is 0 Å². The van der Waals surface area contributed by atoms with Crippen LogP contribution in [-0.2, 0) is 19.8 Å². The van der Waals surface area contributed by atoms with Crippen molar-refractivity contribution in [1.82, 2.24) is 14.7 Å². The molecule has 0 saturated carbocycles. The van der Waals surface area contributed by atoms with Crippen LogP contribution in [0.15, 0.2) is 36.5 Å². The van der Waals surface area contributed by atoms with E-state index in [0.29, 0.717) is 25.1 Å². The third-order valence-electron chi connectivity index (χ3n) is 4.27. The first kappa shape index (κ1) is 16.0. The van der Waals surface area contributed by atoms with Crippen LogP contribution in [0.2, 0.25) is 0 Å². The first-order valence-corrected chi connectivity index (χ1v) is 7.41. The number of hydrogen-bond acceptors (Lipinski definition) is 3. The van der Waals surface area contributed by atoms with Gasteiger partial charge in [-0.05, 0) is 30.2 Å². The van der Waals surface area contributed by atoms with Crippen LogP contribution in [0, 0.1) is 0 Å². The third kappa shape index (κ3) is 3.40. The SMILES string of the molecule is Cn1nccc1CN1C[C@@H](O)C[C@@H]1c1cccc(C(F)(F)F)c1. The van der Waals surface area contributed by atoms with Gasteiger partial charge in [-0.3, -0.25) is 9.58 Å². The second-order valence-electron chi connectivity index (χ2n) is 5.90. The zero-order valence-electron chi connectivity index (χ0n) is 12.7. The van der Waals surface area contributed by atoms with Crippen molar-refractivity contribution in [3.05, 3.63) is 53.3 Å². The van der Waals surface area contributed by atoms with Crippen LogP contribution in [0.4, 0.5) is 13.2 Å². The summed E-state index contributed by atoms with van der Waals surface area (Å²) in [4.78, 5) is 2.00. The lowest BCUT2D eigenvalue weighted by molar-refractivity contribution is -0.137. The average Bonchev–Trinajstić information content (AvgIpc) is 3.05. The average molecular weight is 325 g/mol. The number of aromatic nitrogens is 2. The van der Waals surface area contributed by atoms with Crippen LogP contribution in [0.5, 0.6) is 0 Å². The van der Waals surface area contributed by atoms with Crippen LogP contribution >= 0.6 is 0 Å². The molecule has 0 unspecified atom stereocenters. The van der Waals surface area contributed by atoms with E-state index in [2.05, 4.69) is 5.10 Å². The van der Waals surface area contributed by atoms with Crippen LogP contribution < -0.4 is 0 Å². The van der Waals surface area contributed by atoms with E-state index in [1.54, 1.807) is 16.9 Å². The molecule has 2 atom stereocenters. The molecule has 0 spiro atoms. The molecule has 1 fully saturated rings. The molecule has 3 rings (SSSR count). The number of halogens is 3. The Balaban J connectivity index is 1.86. The summed E-state index contributed by atoms with van der Waals surface area (Å²) < 4.78 is 40.5. The highest BCUT2D eigenvalue weighted by atomic mass is 19.4. The number of aliphatic hydroxyl groups is 1. The van der Waals surface area contributed by atoms with Gasteiger partial charge in [0.05, 0.1) is 17.4 Å². The first-order valence-electron chi connectivity index (χ1n) is 7.41. The van der Waals surface area contributed by atoms with Gasteiger partial charge >= 0.3 is 6.18 Å². The number of aryl methyl sites for hydroxylation is 1. The molecule has 1 aliphatic rings. The Labute approximate surface area is 132 Å². The molecule has 0 bridgehead atoms. The van der Waals surface area contributed by atoms with Gasteiger partial charge in [0.15, 0.2) is 0 Å². The molecular formula is C16H18F3N3O.